The Morgan fingerprint density at radius 3 is 2.31 bits per heavy atom. The summed E-state index contributed by atoms with van der Waals surface area (Å²) < 4.78 is 0. The Hall–Kier alpha value is -0.610. The van der Waals surface area contributed by atoms with Crippen molar-refractivity contribution in [1.29, 1.82) is 0 Å². The van der Waals surface area contributed by atoms with Crippen molar-refractivity contribution in [2.24, 2.45) is 11.5 Å². The number of rotatable bonds is 9. The zero-order valence-corrected chi connectivity index (χ0v) is 11.0. The van der Waals surface area contributed by atoms with Crippen LogP contribution in [0.25, 0.3) is 0 Å². The lowest BCUT2D eigenvalue weighted by atomic mass is 9.95. The van der Waals surface area contributed by atoms with E-state index in [1.165, 1.54) is 12.8 Å². The number of nitrogens with zero attached hydrogens (tertiary/aromatic N) is 1. The third kappa shape index (κ3) is 6.80. The number of nitrogens with two attached hydrogens (primary N) is 2. The van der Waals surface area contributed by atoms with E-state index in [4.69, 9.17) is 11.5 Å². The highest BCUT2D eigenvalue weighted by molar-refractivity contribution is 5.83. The lowest BCUT2D eigenvalue weighted by molar-refractivity contribution is -0.122. The first-order chi connectivity index (χ1) is 7.40. The van der Waals surface area contributed by atoms with E-state index < -0.39 is 11.4 Å². The molecule has 0 aromatic heterocycles. The molecule has 96 valence electrons. The minimum atomic E-state index is -0.845. The van der Waals surface area contributed by atoms with Gasteiger partial charge in [-0.1, -0.05) is 13.3 Å². The van der Waals surface area contributed by atoms with E-state index in [2.05, 4.69) is 18.9 Å². The lowest BCUT2D eigenvalue weighted by Crippen LogP contribution is -2.49. The van der Waals surface area contributed by atoms with Gasteiger partial charge in [-0.2, -0.15) is 0 Å². The number of hydrogen-bond donors (Lipinski definition) is 2. The Balaban J connectivity index is 3.56. The van der Waals surface area contributed by atoms with Gasteiger partial charge in [0.1, 0.15) is 0 Å². The van der Waals surface area contributed by atoms with Gasteiger partial charge in [-0.15, -0.1) is 0 Å². The second-order valence-corrected chi connectivity index (χ2v) is 4.90. The molecule has 0 bridgehead atoms. The summed E-state index contributed by atoms with van der Waals surface area (Å²) in [5, 5.41) is 0. The van der Waals surface area contributed by atoms with Crippen LogP contribution in [0.15, 0.2) is 0 Å². The molecule has 0 radical (unpaired) electrons. The highest BCUT2D eigenvalue weighted by Crippen LogP contribution is 2.10. The average Bonchev–Trinajstić information content (AvgIpc) is 2.21. The van der Waals surface area contributed by atoms with Crippen LogP contribution in [-0.4, -0.2) is 36.5 Å². The Morgan fingerprint density at radius 2 is 1.81 bits per heavy atom. The van der Waals surface area contributed by atoms with Crippen LogP contribution in [-0.2, 0) is 4.79 Å². The van der Waals surface area contributed by atoms with Crippen LogP contribution in [0.3, 0.4) is 0 Å². The molecule has 0 aliphatic rings. The van der Waals surface area contributed by atoms with Gasteiger partial charge in [0.2, 0.25) is 5.91 Å². The molecule has 1 atom stereocenters. The Kier molecular flexibility index (Phi) is 7.34. The molecule has 0 fully saturated rings. The number of carbonyl (C=O) groups is 1. The van der Waals surface area contributed by atoms with Crippen molar-refractivity contribution in [2.75, 3.05) is 20.1 Å². The second kappa shape index (κ2) is 7.63. The fourth-order valence-electron chi connectivity index (χ4n) is 1.54. The van der Waals surface area contributed by atoms with Crippen LogP contribution >= 0.6 is 0 Å². The quantitative estimate of drug-likeness (QED) is 0.581. The summed E-state index contributed by atoms with van der Waals surface area (Å²) in [7, 11) is 2.13. The first-order valence-corrected chi connectivity index (χ1v) is 6.17. The van der Waals surface area contributed by atoms with E-state index in [1.54, 1.807) is 6.92 Å². The van der Waals surface area contributed by atoms with E-state index in [9.17, 15) is 4.79 Å². The van der Waals surface area contributed by atoms with Crippen LogP contribution in [0.4, 0.5) is 0 Å². The Morgan fingerprint density at radius 1 is 1.25 bits per heavy atom. The molecule has 1 unspecified atom stereocenters. The van der Waals surface area contributed by atoms with Gasteiger partial charge in [0.25, 0.3) is 0 Å². The molecule has 0 saturated heterocycles. The van der Waals surface area contributed by atoms with Crippen LogP contribution in [0, 0.1) is 0 Å². The normalized spacial score (nSPS) is 15.1. The summed E-state index contributed by atoms with van der Waals surface area (Å²) in [5.74, 6) is -0.410. The summed E-state index contributed by atoms with van der Waals surface area (Å²) in [6.45, 7) is 6.11. The van der Waals surface area contributed by atoms with Gasteiger partial charge in [-0.3, -0.25) is 4.79 Å². The van der Waals surface area contributed by atoms with E-state index in [0.717, 1.165) is 25.9 Å². The summed E-state index contributed by atoms with van der Waals surface area (Å²) >= 11 is 0. The van der Waals surface area contributed by atoms with Crippen LogP contribution in [0.2, 0.25) is 0 Å². The molecule has 0 aliphatic carbocycles. The van der Waals surface area contributed by atoms with Crippen molar-refractivity contribution in [3.63, 3.8) is 0 Å². The number of hydrogen-bond acceptors (Lipinski definition) is 3. The van der Waals surface area contributed by atoms with Gasteiger partial charge >= 0.3 is 0 Å². The SMILES string of the molecule is CCCCN(C)CCCCC(C)(N)C(N)=O. The molecule has 16 heavy (non-hydrogen) atoms. The Labute approximate surface area is 99.4 Å². The van der Waals surface area contributed by atoms with Crippen molar-refractivity contribution in [3.8, 4) is 0 Å². The van der Waals surface area contributed by atoms with Gasteiger partial charge < -0.3 is 16.4 Å². The van der Waals surface area contributed by atoms with E-state index in [1.807, 2.05) is 0 Å². The van der Waals surface area contributed by atoms with Crippen molar-refractivity contribution in [2.45, 2.75) is 51.5 Å². The fourth-order valence-corrected chi connectivity index (χ4v) is 1.54. The summed E-state index contributed by atoms with van der Waals surface area (Å²) in [5.41, 5.74) is 10.1. The monoisotopic (exact) mass is 229 g/mol. The first-order valence-electron chi connectivity index (χ1n) is 6.17. The van der Waals surface area contributed by atoms with Gasteiger partial charge in [0.05, 0.1) is 5.54 Å². The van der Waals surface area contributed by atoms with Gasteiger partial charge in [0, 0.05) is 0 Å². The van der Waals surface area contributed by atoms with E-state index in [0.29, 0.717) is 6.42 Å². The number of carbonyl (C=O) groups excluding carboxylic acids is 1. The van der Waals surface area contributed by atoms with E-state index >= 15 is 0 Å². The van der Waals surface area contributed by atoms with Gasteiger partial charge in [-0.05, 0) is 52.7 Å². The van der Waals surface area contributed by atoms with E-state index in [-0.39, 0.29) is 0 Å². The minimum absolute atomic E-state index is 0.410. The molecule has 0 spiro atoms. The standard InChI is InChI=1S/C12H27N3O/c1-4-5-9-15(3)10-7-6-8-12(2,14)11(13)16/h4-10,14H2,1-3H3,(H2,13,16). The molecule has 4 nitrogen and oxygen atoms in total. The molecule has 1 amide bonds. The van der Waals surface area contributed by atoms with Crippen LogP contribution in [0.1, 0.15) is 46.0 Å². The first kappa shape index (κ1) is 15.4. The smallest absolute Gasteiger partial charge is 0.237 e. The minimum Gasteiger partial charge on any atom is -0.368 e. The number of primary amides is 1. The van der Waals surface area contributed by atoms with Gasteiger partial charge in [0.15, 0.2) is 0 Å². The predicted molar refractivity (Wildman–Crippen MR) is 68.0 cm³/mol. The maximum Gasteiger partial charge on any atom is 0.237 e. The largest absolute Gasteiger partial charge is 0.368 e. The third-order valence-corrected chi connectivity index (χ3v) is 2.94. The lowest BCUT2D eigenvalue weighted by Gasteiger charge is -2.21. The Bertz CT molecular complexity index is 204. The molecule has 0 aliphatic heterocycles. The van der Waals surface area contributed by atoms with Crippen molar-refractivity contribution in [1.82, 2.24) is 4.90 Å². The summed E-state index contributed by atoms with van der Waals surface area (Å²) in [6.07, 6.45) is 5.16. The molecule has 0 aromatic rings. The summed E-state index contributed by atoms with van der Waals surface area (Å²) in [4.78, 5) is 13.3. The molecule has 0 aromatic carbocycles. The maximum atomic E-state index is 11.0. The maximum absolute atomic E-state index is 11.0. The molecule has 0 rings (SSSR count). The van der Waals surface area contributed by atoms with Crippen molar-refractivity contribution >= 4 is 5.91 Å². The second-order valence-electron chi connectivity index (χ2n) is 4.90. The van der Waals surface area contributed by atoms with Crippen LogP contribution in [0.5, 0.6) is 0 Å². The topological polar surface area (TPSA) is 72.3 Å². The average molecular weight is 229 g/mol. The zero-order valence-electron chi connectivity index (χ0n) is 11.0. The van der Waals surface area contributed by atoms with Crippen LogP contribution < -0.4 is 11.5 Å². The third-order valence-electron chi connectivity index (χ3n) is 2.94. The molecule has 4 N–H and O–H groups in total. The van der Waals surface area contributed by atoms with Crippen molar-refractivity contribution < 1.29 is 4.79 Å². The number of unbranched alkanes of at least 4 members (excludes halogenated alkanes) is 2. The highest BCUT2D eigenvalue weighted by Gasteiger charge is 2.24. The fraction of sp³-hybridized carbons (Fsp3) is 0.917. The number of amides is 1. The van der Waals surface area contributed by atoms with Crippen molar-refractivity contribution in [3.05, 3.63) is 0 Å². The molecular formula is C12H27N3O. The molecular weight excluding hydrogens is 202 g/mol. The molecule has 0 heterocycles. The summed E-state index contributed by atoms with van der Waals surface area (Å²) in [6, 6.07) is 0. The highest BCUT2D eigenvalue weighted by atomic mass is 16.1. The zero-order chi connectivity index (χ0) is 12.6. The van der Waals surface area contributed by atoms with Gasteiger partial charge in [-0.25, -0.2) is 0 Å². The molecule has 4 heteroatoms. The molecule has 0 saturated carbocycles. The predicted octanol–water partition coefficient (Wildman–Crippen LogP) is 1.09.